The van der Waals surface area contributed by atoms with Crippen molar-refractivity contribution in [3.05, 3.63) is 66.0 Å². The summed E-state index contributed by atoms with van der Waals surface area (Å²) in [6.45, 7) is 2.16. The van der Waals surface area contributed by atoms with E-state index in [-0.39, 0.29) is 5.54 Å². The van der Waals surface area contributed by atoms with Gasteiger partial charge < -0.3 is 5.73 Å². The van der Waals surface area contributed by atoms with Gasteiger partial charge in [-0.15, -0.1) is 0 Å². The van der Waals surface area contributed by atoms with E-state index in [4.69, 9.17) is 5.73 Å². The van der Waals surface area contributed by atoms with Crippen molar-refractivity contribution in [2.75, 3.05) is 0 Å². The molecule has 0 aliphatic heterocycles. The molecule has 0 saturated carbocycles. The Morgan fingerprint density at radius 3 is 2.06 bits per heavy atom. The van der Waals surface area contributed by atoms with Crippen LogP contribution in [0.15, 0.2) is 54.9 Å². The third-order valence-electron chi connectivity index (χ3n) is 3.41. The summed E-state index contributed by atoms with van der Waals surface area (Å²) in [5, 5.41) is 0. The van der Waals surface area contributed by atoms with Crippen molar-refractivity contribution in [3.8, 4) is 0 Å². The summed E-state index contributed by atoms with van der Waals surface area (Å²) in [5.74, 6) is 0. The quantitative estimate of drug-likeness (QED) is 0.872. The first-order chi connectivity index (χ1) is 8.72. The molecule has 1 heterocycles. The lowest BCUT2D eigenvalue weighted by molar-refractivity contribution is 0.404. The van der Waals surface area contributed by atoms with Crippen molar-refractivity contribution < 1.29 is 0 Å². The van der Waals surface area contributed by atoms with E-state index in [2.05, 4.69) is 36.2 Å². The molecule has 0 amide bonds. The smallest absolute Gasteiger partial charge is 0.0270 e. The van der Waals surface area contributed by atoms with Gasteiger partial charge in [-0.3, -0.25) is 4.98 Å². The molecule has 1 atom stereocenters. The Labute approximate surface area is 109 Å². The number of hydrogen-bond donors (Lipinski definition) is 1. The maximum absolute atomic E-state index is 6.54. The fourth-order valence-electron chi connectivity index (χ4n) is 2.22. The molecular formula is C16H20N2. The van der Waals surface area contributed by atoms with E-state index in [1.165, 1.54) is 11.1 Å². The Morgan fingerprint density at radius 2 is 1.50 bits per heavy atom. The van der Waals surface area contributed by atoms with Crippen LogP contribution in [0.25, 0.3) is 0 Å². The van der Waals surface area contributed by atoms with E-state index in [0.717, 1.165) is 19.3 Å². The van der Waals surface area contributed by atoms with Crippen LogP contribution in [0.2, 0.25) is 0 Å². The monoisotopic (exact) mass is 240 g/mol. The van der Waals surface area contributed by atoms with Crippen LogP contribution in [0.3, 0.4) is 0 Å². The summed E-state index contributed by atoms with van der Waals surface area (Å²) in [6.07, 6.45) is 6.42. The summed E-state index contributed by atoms with van der Waals surface area (Å²) in [4.78, 5) is 4.04. The highest BCUT2D eigenvalue weighted by molar-refractivity contribution is 5.21. The van der Waals surface area contributed by atoms with E-state index in [1.807, 2.05) is 30.6 Å². The van der Waals surface area contributed by atoms with E-state index in [0.29, 0.717) is 0 Å². The first-order valence-electron chi connectivity index (χ1n) is 6.43. The highest BCUT2D eigenvalue weighted by atomic mass is 14.7. The highest BCUT2D eigenvalue weighted by Crippen LogP contribution is 2.19. The minimum atomic E-state index is -0.178. The molecule has 0 saturated heterocycles. The first kappa shape index (κ1) is 12.8. The summed E-state index contributed by atoms with van der Waals surface area (Å²) >= 11 is 0. The average Bonchev–Trinajstić information content (AvgIpc) is 2.41. The van der Waals surface area contributed by atoms with Gasteiger partial charge in [-0.2, -0.15) is 0 Å². The minimum Gasteiger partial charge on any atom is -0.325 e. The Balaban J connectivity index is 2.11. The van der Waals surface area contributed by atoms with Crippen LogP contribution in [0, 0.1) is 0 Å². The van der Waals surface area contributed by atoms with Crippen LogP contribution in [-0.4, -0.2) is 10.5 Å². The molecule has 2 N–H and O–H groups in total. The van der Waals surface area contributed by atoms with E-state index >= 15 is 0 Å². The number of nitrogens with two attached hydrogens (primary N) is 1. The van der Waals surface area contributed by atoms with Gasteiger partial charge in [0.2, 0.25) is 0 Å². The number of benzene rings is 1. The molecule has 1 unspecified atom stereocenters. The molecule has 2 aromatic rings. The van der Waals surface area contributed by atoms with Gasteiger partial charge >= 0.3 is 0 Å². The molecule has 2 rings (SSSR count). The third kappa shape index (κ3) is 3.41. The molecule has 0 aliphatic carbocycles. The zero-order chi connectivity index (χ0) is 12.8. The average molecular weight is 240 g/mol. The molecule has 94 valence electrons. The number of pyridine rings is 1. The van der Waals surface area contributed by atoms with Gasteiger partial charge in [0, 0.05) is 17.9 Å². The Morgan fingerprint density at radius 1 is 0.944 bits per heavy atom. The fraction of sp³-hybridized carbons (Fsp3) is 0.312. The predicted molar refractivity (Wildman–Crippen MR) is 75.3 cm³/mol. The molecule has 0 aliphatic rings. The molecule has 1 aromatic carbocycles. The molecule has 0 bridgehead atoms. The normalized spacial score (nSPS) is 14.1. The number of hydrogen-bond acceptors (Lipinski definition) is 2. The van der Waals surface area contributed by atoms with Crippen molar-refractivity contribution in [2.24, 2.45) is 5.73 Å². The van der Waals surface area contributed by atoms with Crippen molar-refractivity contribution in [2.45, 2.75) is 31.7 Å². The predicted octanol–water partition coefficient (Wildman–Crippen LogP) is 2.97. The Hall–Kier alpha value is -1.67. The summed E-state index contributed by atoms with van der Waals surface area (Å²) in [7, 11) is 0. The number of nitrogens with zero attached hydrogens (tertiary/aromatic N) is 1. The summed E-state index contributed by atoms with van der Waals surface area (Å²) < 4.78 is 0. The maximum atomic E-state index is 6.54. The van der Waals surface area contributed by atoms with Crippen molar-refractivity contribution in [3.63, 3.8) is 0 Å². The van der Waals surface area contributed by atoms with Gasteiger partial charge in [-0.25, -0.2) is 0 Å². The molecule has 0 fully saturated rings. The fourth-order valence-corrected chi connectivity index (χ4v) is 2.22. The van der Waals surface area contributed by atoms with Gasteiger partial charge in [0.05, 0.1) is 0 Å². The van der Waals surface area contributed by atoms with Crippen molar-refractivity contribution in [1.82, 2.24) is 4.98 Å². The standard InChI is InChI=1S/C16H20N2/c1-2-16(17,12-14-6-4-3-5-7-14)13-15-8-10-18-11-9-15/h3-11H,2,12-13,17H2,1H3. The first-order valence-corrected chi connectivity index (χ1v) is 6.43. The van der Waals surface area contributed by atoms with Gasteiger partial charge in [-0.05, 0) is 42.5 Å². The summed E-state index contributed by atoms with van der Waals surface area (Å²) in [5.41, 5.74) is 8.92. The Bertz CT molecular complexity index is 423. The van der Waals surface area contributed by atoms with Crippen molar-refractivity contribution in [1.29, 1.82) is 0 Å². The number of rotatable bonds is 5. The third-order valence-corrected chi connectivity index (χ3v) is 3.41. The van der Waals surface area contributed by atoms with Gasteiger partial charge in [0.15, 0.2) is 0 Å². The van der Waals surface area contributed by atoms with Crippen LogP contribution < -0.4 is 5.73 Å². The molecule has 2 nitrogen and oxygen atoms in total. The van der Waals surface area contributed by atoms with Gasteiger partial charge in [-0.1, -0.05) is 37.3 Å². The van der Waals surface area contributed by atoms with Crippen LogP contribution in [-0.2, 0) is 12.8 Å². The molecule has 0 radical (unpaired) electrons. The molecule has 2 heteroatoms. The van der Waals surface area contributed by atoms with Gasteiger partial charge in [0.25, 0.3) is 0 Å². The zero-order valence-corrected chi connectivity index (χ0v) is 10.8. The topological polar surface area (TPSA) is 38.9 Å². The lowest BCUT2D eigenvalue weighted by atomic mass is 9.84. The van der Waals surface area contributed by atoms with Crippen LogP contribution in [0.5, 0.6) is 0 Å². The van der Waals surface area contributed by atoms with Crippen LogP contribution in [0.1, 0.15) is 24.5 Å². The highest BCUT2D eigenvalue weighted by Gasteiger charge is 2.23. The SMILES string of the molecule is CCC(N)(Cc1ccccc1)Cc1ccncc1. The second kappa shape index (κ2) is 5.78. The lowest BCUT2D eigenvalue weighted by Gasteiger charge is -2.28. The molecule has 1 aromatic heterocycles. The number of aromatic nitrogens is 1. The second-order valence-electron chi connectivity index (χ2n) is 4.91. The maximum Gasteiger partial charge on any atom is 0.0270 e. The Kier molecular flexibility index (Phi) is 4.11. The lowest BCUT2D eigenvalue weighted by Crippen LogP contribution is -2.43. The van der Waals surface area contributed by atoms with Crippen LogP contribution in [0.4, 0.5) is 0 Å². The van der Waals surface area contributed by atoms with Gasteiger partial charge in [0.1, 0.15) is 0 Å². The van der Waals surface area contributed by atoms with E-state index < -0.39 is 0 Å². The molecule has 18 heavy (non-hydrogen) atoms. The van der Waals surface area contributed by atoms with Crippen LogP contribution >= 0.6 is 0 Å². The molecule has 0 spiro atoms. The largest absolute Gasteiger partial charge is 0.325 e. The minimum absolute atomic E-state index is 0.178. The van der Waals surface area contributed by atoms with Crippen molar-refractivity contribution >= 4 is 0 Å². The second-order valence-corrected chi connectivity index (χ2v) is 4.91. The molecular weight excluding hydrogens is 220 g/mol. The van der Waals surface area contributed by atoms with E-state index in [9.17, 15) is 0 Å². The van der Waals surface area contributed by atoms with E-state index in [1.54, 1.807) is 0 Å². The summed E-state index contributed by atoms with van der Waals surface area (Å²) in [6, 6.07) is 14.5. The zero-order valence-electron chi connectivity index (χ0n) is 10.8.